The molecule has 0 aliphatic heterocycles. The Labute approximate surface area is 248 Å². The third-order valence-electron chi connectivity index (χ3n) is 7.00. The Bertz CT molecular complexity index is 812. The van der Waals surface area contributed by atoms with Crippen molar-refractivity contribution in [1.82, 2.24) is 0 Å². The fraction of sp³-hybridized carbons (Fsp3) is 0.812. The van der Waals surface area contributed by atoms with Crippen LogP contribution in [0.2, 0.25) is 0 Å². The molecule has 42 heavy (non-hydrogen) atoms. The van der Waals surface area contributed by atoms with Crippen LogP contribution in [0.15, 0.2) is 18.2 Å². The Morgan fingerprint density at radius 2 is 1.10 bits per heavy atom. The predicted molar refractivity (Wildman–Crippen MR) is 153 cm³/mol. The minimum Gasteiger partial charge on any atom is -0.358 e. The number of unbranched alkanes of at least 4 members (excludes halogenated alkanes) is 8. The number of alkyl halides is 6. The zero-order valence-corrected chi connectivity index (χ0v) is 26.3. The number of halogens is 6. The molecule has 0 aliphatic rings. The van der Waals surface area contributed by atoms with Crippen molar-refractivity contribution in [3.8, 4) is 0 Å². The van der Waals surface area contributed by atoms with E-state index in [1.807, 2.05) is 27.7 Å². The lowest BCUT2D eigenvalue weighted by molar-refractivity contribution is -0.437. The molecular formula is C32H52F6O4. The molecule has 0 aromatic heterocycles. The van der Waals surface area contributed by atoms with Crippen LogP contribution in [0.4, 0.5) is 26.3 Å². The number of methoxy groups -OCH3 is 1. The molecule has 0 aliphatic carbocycles. The normalized spacial score (nSPS) is 13.9. The number of rotatable bonds is 22. The van der Waals surface area contributed by atoms with Crippen molar-refractivity contribution >= 4 is 0 Å². The third kappa shape index (κ3) is 14.9. The summed E-state index contributed by atoms with van der Waals surface area (Å²) < 4.78 is 103. The van der Waals surface area contributed by atoms with Gasteiger partial charge in [-0.25, -0.2) is 0 Å². The molecule has 0 heterocycles. The van der Waals surface area contributed by atoms with E-state index in [1.54, 1.807) is 7.11 Å². The van der Waals surface area contributed by atoms with Gasteiger partial charge in [0.05, 0.1) is 23.3 Å². The second kappa shape index (κ2) is 19.1. The van der Waals surface area contributed by atoms with Crippen molar-refractivity contribution < 1.29 is 45.3 Å². The first-order valence-electron chi connectivity index (χ1n) is 15.4. The van der Waals surface area contributed by atoms with Gasteiger partial charge in [-0.05, 0) is 77.1 Å². The van der Waals surface area contributed by atoms with Gasteiger partial charge in [0.2, 0.25) is 0 Å². The van der Waals surface area contributed by atoms with Gasteiger partial charge in [0.25, 0.3) is 5.97 Å². The van der Waals surface area contributed by atoms with E-state index >= 15 is 0 Å². The molecule has 1 aromatic carbocycles. The second-order valence-corrected chi connectivity index (χ2v) is 11.6. The Morgan fingerprint density at radius 1 is 0.643 bits per heavy atom. The zero-order valence-electron chi connectivity index (χ0n) is 26.3. The second-order valence-electron chi connectivity index (χ2n) is 11.6. The minimum atomic E-state index is -4.84. The number of hydrogen-bond acceptors (Lipinski definition) is 4. The molecule has 0 radical (unpaired) electrons. The summed E-state index contributed by atoms with van der Waals surface area (Å²) >= 11 is 0. The standard InChI is InChI=1S/C32H52F6O4/c1-7-8-9-10-11-15-18-27(32(40-23-39-6,41-24(2)3)42-25(4)5)19-16-13-12-14-17-26-20-28(30(33,34)35)22-29(21-26)31(36,37)38/h20-22,24-25,27H,7-19,23H2,1-6H3. The zero-order chi connectivity index (χ0) is 31.8. The molecule has 0 spiro atoms. The summed E-state index contributed by atoms with van der Waals surface area (Å²) in [4.78, 5) is 0. The van der Waals surface area contributed by atoms with Gasteiger partial charge in [-0.15, -0.1) is 0 Å². The van der Waals surface area contributed by atoms with E-state index in [0.29, 0.717) is 12.8 Å². The first-order valence-corrected chi connectivity index (χ1v) is 15.4. The highest BCUT2D eigenvalue weighted by molar-refractivity contribution is 5.33. The van der Waals surface area contributed by atoms with Gasteiger partial charge >= 0.3 is 12.4 Å². The summed E-state index contributed by atoms with van der Waals surface area (Å²) in [7, 11) is 1.54. The van der Waals surface area contributed by atoms with E-state index in [2.05, 4.69) is 6.92 Å². The molecule has 0 bridgehead atoms. The molecular weight excluding hydrogens is 562 g/mol. The van der Waals surface area contributed by atoms with Crippen molar-refractivity contribution in [3.05, 3.63) is 34.9 Å². The third-order valence-corrected chi connectivity index (χ3v) is 7.00. The van der Waals surface area contributed by atoms with Gasteiger partial charge < -0.3 is 18.9 Å². The highest BCUT2D eigenvalue weighted by Crippen LogP contribution is 2.38. The van der Waals surface area contributed by atoms with Gasteiger partial charge in [-0.1, -0.05) is 64.7 Å². The summed E-state index contributed by atoms with van der Waals surface area (Å²) in [6, 6.07) is 1.81. The summed E-state index contributed by atoms with van der Waals surface area (Å²) in [6.45, 7) is 9.89. The predicted octanol–water partition coefficient (Wildman–Crippen LogP) is 10.7. The fourth-order valence-corrected chi connectivity index (χ4v) is 5.11. The lowest BCUT2D eigenvalue weighted by atomic mass is 9.91. The highest BCUT2D eigenvalue weighted by Gasteiger charge is 2.44. The molecule has 1 unspecified atom stereocenters. The first kappa shape index (κ1) is 38.7. The molecule has 10 heteroatoms. The summed E-state index contributed by atoms with van der Waals surface area (Å²) in [5.41, 5.74) is -2.50. The number of hydrogen-bond donors (Lipinski definition) is 0. The van der Waals surface area contributed by atoms with Crippen LogP contribution in [0.25, 0.3) is 0 Å². The van der Waals surface area contributed by atoms with Crippen molar-refractivity contribution in [3.63, 3.8) is 0 Å². The van der Waals surface area contributed by atoms with Crippen LogP contribution in [0.1, 0.15) is 128 Å². The van der Waals surface area contributed by atoms with Crippen LogP contribution in [0.5, 0.6) is 0 Å². The Balaban J connectivity index is 2.90. The number of benzene rings is 1. The quantitative estimate of drug-likeness (QED) is 0.0740. The number of ether oxygens (including phenoxy) is 4. The Kier molecular flexibility index (Phi) is 17.6. The van der Waals surface area contributed by atoms with Crippen LogP contribution in [-0.2, 0) is 37.7 Å². The van der Waals surface area contributed by atoms with E-state index in [9.17, 15) is 26.3 Å². The van der Waals surface area contributed by atoms with Crippen molar-refractivity contribution in [2.75, 3.05) is 13.9 Å². The molecule has 0 amide bonds. The minimum absolute atomic E-state index is 0.00332. The van der Waals surface area contributed by atoms with Crippen LogP contribution in [0, 0.1) is 5.92 Å². The highest BCUT2D eigenvalue weighted by atomic mass is 19.4. The number of aryl methyl sites for hydroxylation is 1. The molecule has 4 nitrogen and oxygen atoms in total. The smallest absolute Gasteiger partial charge is 0.358 e. The van der Waals surface area contributed by atoms with Gasteiger partial charge in [-0.2, -0.15) is 26.3 Å². The van der Waals surface area contributed by atoms with Crippen molar-refractivity contribution in [2.45, 2.75) is 149 Å². The summed E-state index contributed by atoms with van der Waals surface area (Å²) in [5.74, 6) is -1.37. The fourth-order valence-electron chi connectivity index (χ4n) is 5.11. The van der Waals surface area contributed by atoms with E-state index in [1.165, 1.54) is 19.3 Å². The Morgan fingerprint density at radius 3 is 1.52 bits per heavy atom. The average molecular weight is 615 g/mol. The maximum absolute atomic E-state index is 13.2. The van der Waals surface area contributed by atoms with E-state index in [4.69, 9.17) is 18.9 Å². The largest absolute Gasteiger partial charge is 0.416 e. The van der Waals surface area contributed by atoms with Gasteiger partial charge in [0.1, 0.15) is 0 Å². The van der Waals surface area contributed by atoms with Gasteiger partial charge in [0, 0.05) is 13.0 Å². The summed E-state index contributed by atoms with van der Waals surface area (Å²) in [5, 5.41) is 0. The summed E-state index contributed by atoms with van der Waals surface area (Å²) in [6.07, 6.45) is 1.26. The topological polar surface area (TPSA) is 36.9 Å². The Hall–Kier alpha value is -1.36. The lowest BCUT2D eigenvalue weighted by Crippen LogP contribution is -2.50. The van der Waals surface area contributed by atoms with E-state index < -0.39 is 29.5 Å². The molecule has 1 aromatic rings. The van der Waals surface area contributed by atoms with Crippen LogP contribution < -0.4 is 0 Å². The van der Waals surface area contributed by atoms with Crippen LogP contribution >= 0.6 is 0 Å². The van der Waals surface area contributed by atoms with Gasteiger partial charge in [-0.3, -0.25) is 0 Å². The van der Waals surface area contributed by atoms with Crippen LogP contribution in [0.3, 0.4) is 0 Å². The van der Waals surface area contributed by atoms with Crippen molar-refractivity contribution in [1.29, 1.82) is 0 Å². The lowest BCUT2D eigenvalue weighted by Gasteiger charge is -2.42. The molecule has 1 rings (SSSR count). The molecule has 0 saturated heterocycles. The average Bonchev–Trinajstić information content (AvgIpc) is 2.88. The van der Waals surface area contributed by atoms with Crippen LogP contribution in [-0.4, -0.2) is 32.1 Å². The molecule has 0 fully saturated rings. The van der Waals surface area contributed by atoms with Crippen molar-refractivity contribution in [2.24, 2.45) is 5.92 Å². The molecule has 1 atom stereocenters. The van der Waals surface area contributed by atoms with E-state index in [0.717, 1.165) is 57.1 Å². The SMILES string of the molecule is CCCCCCCCC(CCCCCCc1cc(C(F)(F)F)cc(C(F)(F)F)c1)C(OCOC)(OC(C)C)OC(C)C. The first-order chi connectivity index (χ1) is 19.6. The molecule has 246 valence electrons. The molecule has 0 N–H and O–H groups in total. The monoisotopic (exact) mass is 614 g/mol. The van der Waals surface area contributed by atoms with E-state index in [-0.39, 0.29) is 43.0 Å². The molecule has 0 saturated carbocycles. The van der Waals surface area contributed by atoms with Gasteiger partial charge in [0.15, 0.2) is 6.79 Å². The maximum Gasteiger partial charge on any atom is 0.416 e. The maximum atomic E-state index is 13.2.